The van der Waals surface area contributed by atoms with Crippen molar-refractivity contribution in [3.05, 3.63) is 192 Å². The number of fused-ring (bicyclic) bond motifs is 10. The van der Waals surface area contributed by atoms with Gasteiger partial charge < -0.3 is 14.6 Å². The van der Waals surface area contributed by atoms with Crippen molar-refractivity contribution in [2.75, 3.05) is 14.6 Å². The van der Waals surface area contributed by atoms with Gasteiger partial charge in [0.15, 0.2) is 0 Å². The molecule has 4 heterocycles. The zero-order valence-electron chi connectivity index (χ0n) is 41.4. The molecule has 3 aliphatic heterocycles. The SMILES string of the molecule is CC(C)(C)c1ccc(N2B3c4cccc5c4N(c4ccccc4C5(C)C)c4cc5c(sc6ccccc65)c(c43)-c3ccc(N(c4ccc(C(C)(C)C)cc4)c4ccc(C(C)(C)C)cc4)cc32)cc1. The number of thiophene rings is 1. The Kier molecular flexibility index (Phi) is 9.26. The summed E-state index contributed by atoms with van der Waals surface area (Å²) < 4.78 is 2.67. The molecular weight excluding hydrogens is 842 g/mol. The standard InChI is InChI=1S/C63H60BN3S/c1-60(2,3)39-23-29-42(30-24-39)65(43-31-25-40(26-32-43)61(4,5)6)45-35-36-47-53(37-45)67(44-33-27-41(28-34-44)62(7,8)9)64-51-20-16-19-50-58(51)66(52-21-14-13-18-49(52)63(50,10)11)54-38-48-46-17-12-15-22-55(46)68-59(48)56(47)57(54)64/h12-38H,1-11H3. The molecular formula is C63H60BN3S. The number of para-hydroxylation sites is 2. The zero-order valence-corrected chi connectivity index (χ0v) is 42.2. The first-order valence-electron chi connectivity index (χ1n) is 24.5. The molecule has 0 N–H and O–H groups in total. The molecule has 9 aromatic rings. The minimum Gasteiger partial charge on any atom is -0.376 e. The first kappa shape index (κ1) is 42.8. The van der Waals surface area contributed by atoms with E-state index in [9.17, 15) is 0 Å². The van der Waals surface area contributed by atoms with Crippen molar-refractivity contribution in [1.82, 2.24) is 0 Å². The molecule has 0 atom stereocenters. The highest BCUT2D eigenvalue weighted by Crippen LogP contribution is 2.57. The van der Waals surface area contributed by atoms with Crippen molar-refractivity contribution >= 4 is 94.8 Å². The van der Waals surface area contributed by atoms with E-state index in [4.69, 9.17) is 0 Å². The molecule has 8 aromatic carbocycles. The molecule has 3 aliphatic rings. The molecule has 0 spiro atoms. The Morgan fingerprint density at radius 3 is 1.69 bits per heavy atom. The summed E-state index contributed by atoms with van der Waals surface area (Å²) in [5.74, 6) is 0. The Morgan fingerprint density at radius 1 is 0.500 bits per heavy atom. The highest BCUT2D eigenvalue weighted by Gasteiger charge is 2.50. The van der Waals surface area contributed by atoms with Gasteiger partial charge in [0.05, 0.1) is 5.69 Å². The molecule has 0 saturated carbocycles. The van der Waals surface area contributed by atoms with Crippen molar-refractivity contribution in [1.29, 1.82) is 0 Å². The van der Waals surface area contributed by atoms with Crippen molar-refractivity contribution < 1.29 is 0 Å². The first-order chi connectivity index (χ1) is 32.4. The van der Waals surface area contributed by atoms with Gasteiger partial charge in [0.1, 0.15) is 0 Å². The lowest BCUT2D eigenvalue weighted by Crippen LogP contribution is -2.62. The Hall–Kier alpha value is -6.56. The van der Waals surface area contributed by atoms with E-state index in [0.717, 1.165) is 17.1 Å². The number of nitrogens with zero attached hydrogens (tertiary/aromatic N) is 3. The average Bonchev–Trinajstić information content (AvgIpc) is 3.69. The molecule has 5 heteroatoms. The van der Waals surface area contributed by atoms with E-state index in [1.165, 1.54) is 98.5 Å². The molecule has 0 fully saturated rings. The molecule has 0 amide bonds. The molecule has 3 nitrogen and oxygen atoms in total. The summed E-state index contributed by atoms with van der Waals surface area (Å²) in [5, 5.41) is 2.63. The molecule has 1 aromatic heterocycles. The summed E-state index contributed by atoms with van der Waals surface area (Å²) in [7, 11) is 0. The topological polar surface area (TPSA) is 9.72 Å². The third-order valence-electron chi connectivity index (χ3n) is 15.3. The van der Waals surface area contributed by atoms with E-state index in [1.807, 2.05) is 11.3 Å². The summed E-state index contributed by atoms with van der Waals surface area (Å²) in [6.07, 6.45) is 0. The summed E-state index contributed by atoms with van der Waals surface area (Å²) in [5.41, 5.74) is 21.6. The maximum atomic E-state index is 2.69. The Morgan fingerprint density at radius 2 is 1.06 bits per heavy atom. The quantitative estimate of drug-likeness (QED) is 0.163. The Labute approximate surface area is 407 Å². The minimum absolute atomic E-state index is 0.0203. The van der Waals surface area contributed by atoms with Gasteiger partial charge >= 0.3 is 6.85 Å². The highest BCUT2D eigenvalue weighted by atomic mass is 32.1. The molecule has 0 saturated heterocycles. The summed E-state index contributed by atoms with van der Waals surface area (Å²) in [6.45, 7) is 25.4. The van der Waals surface area contributed by atoms with Gasteiger partial charge in [-0.1, -0.05) is 173 Å². The van der Waals surface area contributed by atoms with Gasteiger partial charge in [0, 0.05) is 76.5 Å². The maximum absolute atomic E-state index is 2.69. The van der Waals surface area contributed by atoms with Gasteiger partial charge in [-0.15, -0.1) is 11.3 Å². The van der Waals surface area contributed by atoms with Gasteiger partial charge in [0.2, 0.25) is 0 Å². The fourth-order valence-electron chi connectivity index (χ4n) is 11.5. The second-order valence-electron chi connectivity index (χ2n) is 23.1. The van der Waals surface area contributed by atoms with Gasteiger partial charge in [0.25, 0.3) is 0 Å². The molecule has 0 bridgehead atoms. The summed E-state index contributed by atoms with van der Waals surface area (Å²) in [6, 6.07) is 63.1. The largest absolute Gasteiger partial charge is 0.376 e. The Balaban J connectivity index is 1.19. The molecule has 336 valence electrons. The lowest BCUT2D eigenvalue weighted by Gasteiger charge is -2.50. The second kappa shape index (κ2) is 14.7. The number of hydrogen-bond acceptors (Lipinski definition) is 4. The van der Waals surface area contributed by atoms with Crippen molar-refractivity contribution in [3.63, 3.8) is 0 Å². The van der Waals surface area contributed by atoms with E-state index < -0.39 is 0 Å². The van der Waals surface area contributed by atoms with Crippen LogP contribution in [0.2, 0.25) is 0 Å². The van der Waals surface area contributed by atoms with Crippen LogP contribution in [0.1, 0.15) is 104 Å². The second-order valence-corrected chi connectivity index (χ2v) is 24.1. The van der Waals surface area contributed by atoms with Gasteiger partial charge in [-0.3, -0.25) is 0 Å². The van der Waals surface area contributed by atoms with Crippen LogP contribution < -0.4 is 25.5 Å². The molecule has 68 heavy (non-hydrogen) atoms. The van der Waals surface area contributed by atoms with E-state index in [0.29, 0.717) is 0 Å². The van der Waals surface area contributed by atoms with Crippen LogP contribution in [0.5, 0.6) is 0 Å². The third kappa shape index (κ3) is 6.38. The average molecular weight is 902 g/mol. The van der Waals surface area contributed by atoms with Gasteiger partial charge in [-0.2, -0.15) is 0 Å². The third-order valence-corrected chi connectivity index (χ3v) is 16.5. The molecule has 12 rings (SSSR count). The van der Waals surface area contributed by atoms with Crippen molar-refractivity contribution in [3.8, 4) is 11.1 Å². The minimum atomic E-state index is -0.206. The number of anilines is 8. The predicted molar refractivity (Wildman–Crippen MR) is 296 cm³/mol. The lowest BCUT2D eigenvalue weighted by atomic mass is 9.42. The van der Waals surface area contributed by atoms with E-state index in [-0.39, 0.29) is 28.5 Å². The lowest BCUT2D eigenvalue weighted by molar-refractivity contribution is 0.590. The summed E-state index contributed by atoms with van der Waals surface area (Å²) in [4.78, 5) is 7.80. The van der Waals surface area contributed by atoms with Crippen LogP contribution in [0.3, 0.4) is 0 Å². The monoisotopic (exact) mass is 901 g/mol. The fraction of sp³-hybridized carbons (Fsp3) is 0.238. The van der Waals surface area contributed by atoms with Crippen LogP contribution in [-0.4, -0.2) is 6.85 Å². The highest BCUT2D eigenvalue weighted by molar-refractivity contribution is 7.26. The van der Waals surface area contributed by atoms with Crippen LogP contribution in [0.25, 0.3) is 31.3 Å². The van der Waals surface area contributed by atoms with E-state index in [2.05, 4.69) is 255 Å². The number of rotatable bonds is 4. The van der Waals surface area contributed by atoms with Gasteiger partial charge in [-0.05, 0) is 122 Å². The summed E-state index contributed by atoms with van der Waals surface area (Å²) >= 11 is 1.94. The predicted octanol–water partition coefficient (Wildman–Crippen LogP) is 16.8. The van der Waals surface area contributed by atoms with Crippen molar-refractivity contribution in [2.45, 2.75) is 97.8 Å². The first-order valence-corrected chi connectivity index (χ1v) is 25.3. The smallest absolute Gasteiger partial charge is 0.333 e. The zero-order chi connectivity index (χ0) is 47.2. The van der Waals surface area contributed by atoms with Gasteiger partial charge in [-0.25, -0.2) is 0 Å². The number of hydrogen-bond donors (Lipinski definition) is 0. The maximum Gasteiger partial charge on any atom is 0.333 e. The van der Waals surface area contributed by atoms with Crippen LogP contribution in [-0.2, 0) is 21.7 Å². The Bertz CT molecular complexity index is 3430. The van der Waals surface area contributed by atoms with E-state index >= 15 is 0 Å². The molecule has 0 unspecified atom stereocenters. The van der Waals surface area contributed by atoms with Crippen LogP contribution in [0.4, 0.5) is 45.5 Å². The fourth-order valence-corrected chi connectivity index (χ4v) is 12.8. The van der Waals surface area contributed by atoms with E-state index in [1.54, 1.807) is 0 Å². The number of benzene rings is 8. The van der Waals surface area contributed by atoms with Crippen molar-refractivity contribution in [2.24, 2.45) is 0 Å². The van der Waals surface area contributed by atoms with Crippen LogP contribution in [0.15, 0.2) is 164 Å². The molecule has 0 radical (unpaired) electrons. The normalized spacial score (nSPS) is 14.7. The van der Waals surface area contributed by atoms with Crippen LogP contribution in [0, 0.1) is 0 Å². The molecule has 0 aliphatic carbocycles. The van der Waals surface area contributed by atoms with Crippen LogP contribution >= 0.6 is 11.3 Å².